The summed E-state index contributed by atoms with van der Waals surface area (Å²) in [7, 11) is -3.12. The Balaban J connectivity index is 2.05. The zero-order valence-corrected chi connectivity index (χ0v) is 9.42. The van der Waals surface area contributed by atoms with Crippen molar-refractivity contribution in [2.75, 3.05) is 12.3 Å². The molecule has 0 amide bonds. The first kappa shape index (κ1) is 12.4. The van der Waals surface area contributed by atoms with E-state index in [1.54, 1.807) is 0 Å². The summed E-state index contributed by atoms with van der Waals surface area (Å²) in [5.74, 6) is -0.260. The van der Waals surface area contributed by atoms with Crippen LogP contribution in [0.4, 0.5) is 0 Å². The summed E-state index contributed by atoms with van der Waals surface area (Å²) >= 11 is 0. The van der Waals surface area contributed by atoms with Gasteiger partial charge in [0.2, 0.25) is 10.0 Å². The number of unbranched alkanes of at least 4 members (excludes halogenated alkanes) is 1. The van der Waals surface area contributed by atoms with E-state index < -0.39 is 16.0 Å². The van der Waals surface area contributed by atoms with Crippen LogP contribution >= 0.6 is 0 Å². The van der Waals surface area contributed by atoms with Crippen molar-refractivity contribution in [2.24, 2.45) is 5.92 Å². The lowest BCUT2D eigenvalue weighted by molar-refractivity contribution is -0.137. The second-order valence-electron chi connectivity index (χ2n) is 3.97. The number of carboxylic acids is 1. The predicted molar refractivity (Wildman–Crippen MR) is 56.0 cm³/mol. The van der Waals surface area contributed by atoms with E-state index in [2.05, 4.69) is 4.72 Å². The molecule has 1 saturated carbocycles. The number of rotatable bonds is 8. The van der Waals surface area contributed by atoms with Crippen molar-refractivity contribution in [1.82, 2.24) is 4.72 Å². The minimum absolute atomic E-state index is 0.102. The van der Waals surface area contributed by atoms with E-state index >= 15 is 0 Å². The topological polar surface area (TPSA) is 83.5 Å². The van der Waals surface area contributed by atoms with Gasteiger partial charge in [0, 0.05) is 13.0 Å². The smallest absolute Gasteiger partial charge is 0.303 e. The molecule has 0 aromatic carbocycles. The lowest BCUT2D eigenvalue weighted by atomic mass is 10.2. The maximum atomic E-state index is 11.4. The second kappa shape index (κ2) is 5.46. The molecule has 0 saturated heterocycles. The molecule has 88 valence electrons. The van der Waals surface area contributed by atoms with Crippen LogP contribution in [0.25, 0.3) is 0 Å². The van der Waals surface area contributed by atoms with Crippen LogP contribution < -0.4 is 4.72 Å². The lowest BCUT2D eigenvalue weighted by Crippen LogP contribution is -2.28. The Morgan fingerprint density at radius 3 is 2.53 bits per heavy atom. The standard InChI is InChI=1S/C9H17NO4S/c11-9(12)3-1-2-6-10-15(13,14)7-8-4-5-8/h8,10H,1-7H2,(H,11,12). The Kier molecular flexibility index (Phi) is 4.53. The zero-order valence-electron chi connectivity index (χ0n) is 8.61. The molecule has 0 aliphatic heterocycles. The summed E-state index contributed by atoms with van der Waals surface area (Å²) in [5.41, 5.74) is 0. The van der Waals surface area contributed by atoms with Gasteiger partial charge in [-0.15, -0.1) is 0 Å². The summed E-state index contributed by atoms with van der Waals surface area (Å²) in [6, 6.07) is 0. The van der Waals surface area contributed by atoms with Gasteiger partial charge in [-0.05, 0) is 31.6 Å². The van der Waals surface area contributed by atoms with Gasteiger partial charge in [0.25, 0.3) is 0 Å². The van der Waals surface area contributed by atoms with Gasteiger partial charge in [-0.25, -0.2) is 13.1 Å². The molecule has 5 nitrogen and oxygen atoms in total. The Morgan fingerprint density at radius 2 is 2.00 bits per heavy atom. The molecular weight excluding hydrogens is 218 g/mol. The zero-order chi connectivity index (χ0) is 11.3. The maximum absolute atomic E-state index is 11.4. The molecule has 0 unspecified atom stereocenters. The highest BCUT2D eigenvalue weighted by Gasteiger charge is 2.27. The summed E-state index contributed by atoms with van der Waals surface area (Å²) in [6.07, 6.45) is 3.22. The molecule has 0 atom stereocenters. The monoisotopic (exact) mass is 235 g/mol. The molecule has 0 aromatic rings. The van der Waals surface area contributed by atoms with Gasteiger partial charge in [-0.3, -0.25) is 4.79 Å². The van der Waals surface area contributed by atoms with Crippen LogP contribution in [0.2, 0.25) is 0 Å². The quantitative estimate of drug-likeness (QED) is 0.602. The van der Waals surface area contributed by atoms with E-state index in [0.717, 1.165) is 12.8 Å². The SMILES string of the molecule is O=C(O)CCCCNS(=O)(=O)CC1CC1. The van der Waals surface area contributed by atoms with E-state index in [9.17, 15) is 13.2 Å². The average Bonchev–Trinajstić information content (AvgIpc) is 2.86. The van der Waals surface area contributed by atoms with Crippen molar-refractivity contribution in [3.05, 3.63) is 0 Å². The van der Waals surface area contributed by atoms with Crippen LogP contribution in [0, 0.1) is 5.92 Å². The molecule has 2 N–H and O–H groups in total. The first-order valence-corrected chi connectivity index (χ1v) is 6.84. The first-order chi connectivity index (χ1) is 6.99. The van der Waals surface area contributed by atoms with E-state index in [4.69, 9.17) is 5.11 Å². The van der Waals surface area contributed by atoms with E-state index in [-0.39, 0.29) is 12.2 Å². The number of sulfonamides is 1. The van der Waals surface area contributed by atoms with Crippen LogP contribution in [0.5, 0.6) is 0 Å². The number of aliphatic carboxylic acids is 1. The normalized spacial score (nSPS) is 16.5. The fraction of sp³-hybridized carbons (Fsp3) is 0.889. The third-order valence-corrected chi connectivity index (χ3v) is 3.85. The highest BCUT2D eigenvalue weighted by atomic mass is 32.2. The number of hydrogen-bond donors (Lipinski definition) is 2. The van der Waals surface area contributed by atoms with Crippen molar-refractivity contribution in [3.63, 3.8) is 0 Å². The molecule has 1 fully saturated rings. The van der Waals surface area contributed by atoms with Crippen LogP contribution in [0.3, 0.4) is 0 Å². The van der Waals surface area contributed by atoms with Gasteiger partial charge < -0.3 is 5.11 Å². The molecule has 1 rings (SSSR count). The van der Waals surface area contributed by atoms with Gasteiger partial charge in [-0.2, -0.15) is 0 Å². The fourth-order valence-corrected chi connectivity index (χ4v) is 2.81. The largest absolute Gasteiger partial charge is 0.481 e. The number of hydrogen-bond acceptors (Lipinski definition) is 3. The highest BCUT2D eigenvalue weighted by molar-refractivity contribution is 7.89. The molecule has 6 heteroatoms. The molecule has 15 heavy (non-hydrogen) atoms. The third kappa shape index (κ3) is 6.46. The molecular formula is C9H17NO4S. The van der Waals surface area contributed by atoms with Gasteiger partial charge in [0.05, 0.1) is 5.75 Å². The third-order valence-electron chi connectivity index (χ3n) is 2.29. The fourth-order valence-electron chi connectivity index (χ4n) is 1.28. The highest BCUT2D eigenvalue weighted by Crippen LogP contribution is 2.29. The molecule has 0 bridgehead atoms. The van der Waals surface area contributed by atoms with Crippen LogP contribution in [-0.2, 0) is 14.8 Å². The lowest BCUT2D eigenvalue weighted by Gasteiger charge is -2.04. The van der Waals surface area contributed by atoms with E-state index in [1.165, 1.54) is 0 Å². The van der Waals surface area contributed by atoms with Crippen molar-refractivity contribution in [2.45, 2.75) is 32.1 Å². The Labute approximate surface area is 89.9 Å². The minimum Gasteiger partial charge on any atom is -0.481 e. The summed E-state index contributed by atoms with van der Waals surface area (Å²) in [5, 5.41) is 8.36. The van der Waals surface area contributed by atoms with E-state index in [1.807, 2.05) is 0 Å². The molecule has 0 spiro atoms. The number of carboxylic acid groups (broad SMARTS) is 1. The summed E-state index contributed by atoms with van der Waals surface area (Å²) in [4.78, 5) is 10.2. The Morgan fingerprint density at radius 1 is 1.33 bits per heavy atom. The second-order valence-corrected chi connectivity index (χ2v) is 5.82. The molecule has 0 heterocycles. The number of carbonyl (C=O) groups is 1. The van der Waals surface area contributed by atoms with Gasteiger partial charge in [-0.1, -0.05) is 0 Å². The van der Waals surface area contributed by atoms with Crippen molar-refractivity contribution in [1.29, 1.82) is 0 Å². The average molecular weight is 235 g/mol. The number of nitrogens with one attached hydrogen (secondary N) is 1. The van der Waals surface area contributed by atoms with Crippen LogP contribution in [0.15, 0.2) is 0 Å². The van der Waals surface area contributed by atoms with Crippen molar-refractivity contribution in [3.8, 4) is 0 Å². The summed E-state index contributed by atoms with van der Waals surface area (Å²) < 4.78 is 25.2. The van der Waals surface area contributed by atoms with Crippen molar-refractivity contribution >= 4 is 16.0 Å². The molecule has 1 aliphatic carbocycles. The van der Waals surface area contributed by atoms with Gasteiger partial charge in [0.1, 0.15) is 0 Å². The molecule has 0 aromatic heterocycles. The maximum Gasteiger partial charge on any atom is 0.303 e. The molecule has 0 radical (unpaired) electrons. The first-order valence-electron chi connectivity index (χ1n) is 5.19. The Hall–Kier alpha value is -0.620. The van der Waals surface area contributed by atoms with Gasteiger partial charge in [0.15, 0.2) is 0 Å². The van der Waals surface area contributed by atoms with Gasteiger partial charge >= 0.3 is 5.97 Å². The Bertz CT molecular complexity index is 308. The van der Waals surface area contributed by atoms with Crippen LogP contribution in [0.1, 0.15) is 32.1 Å². The predicted octanol–water partition coefficient (Wildman–Crippen LogP) is 0.571. The molecule has 1 aliphatic rings. The minimum atomic E-state index is -3.12. The van der Waals surface area contributed by atoms with Crippen molar-refractivity contribution < 1.29 is 18.3 Å². The summed E-state index contributed by atoms with van der Waals surface area (Å²) in [6.45, 7) is 0.350. The van der Waals surface area contributed by atoms with Crippen LogP contribution in [-0.4, -0.2) is 31.8 Å². The van der Waals surface area contributed by atoms with E-state index in [0.29, 0.717) is 25.3 Å².